The zero-order chi connectivity index (χ0) is 26.6. The van der Waals surface area contributed by atoms with E-state index in [1.54, 1.807) is 0 Å². The van der Waals surface area contributed by atoms with Crippen molar-refractivity contribution in [1.82, 2.24) is 9.97 Å². The number of hydrogen-bond donors (Lipinski definition) is 3. The van der Waals surface area contributed by atoms with Crippen molar-refractivity contribution < 1.29 is 22.7 Å². The molecule has 8 nitrogen and oxygen atoms in total. The maximum Gasteiger partial charge on any atom is 0.335 e. The number of rotatable bonds is 10. The number of nitrogens with one attached hydrogen (secondary N) is 1. The van der Waals surface area contributed by atoms with Gasteiger partial charge in [-0.15, -0.1) is 0 Å². The molecule has 0 bridgehead atoms. The number of anilines is 1. The molecule has 36 heavy (non-hydrogen) atoms. The molecule has 2 aromatic carbocycles. The first kappa shape index (κ1) is 27.2. The Morgan fingerprint density at radius 2 is 1.75 bits per heavy atom. The SMILES string of the molecule is Cc1cccc(C)c1-c1nc(NS(=O)(=O)c2cccc(C(=O)O)c2)nc(CC[C@H](N)CC(C)C)c1F. The number of aromatic nitrogens is 2. The minimum Gasteiger partial charge on any atom is -0.478 e. The first-order valence-corrected chi connectivity index (χ1v) is 13.1. The molecule has 3 aromatic rings. The maximum absolute atomic E-state index is 15.7. The van der Waals surface area contributed by atoms with Crippen LogP contribution >= 0.6 is 0 Å². The Balaban J connectivity index is 2.07. The molecule has 10 heteroatoms. The fraction of sp³-hybridized carbons (Fsp3) is 0.346. The molecule has 0 aliphatic heterocycles. The van der Waals surface area contributed by atoms with Gasteiger partial charge >= 0.3 is 5.97 Å². The van der Waals surface area contributed by atoms with Gasteiger partial charge in [-0.25, -0.2) is 32.3 Å². The number of nitrogens with two attached hydrogens (primary N) is 1. The van der Waals surface area contributed by atoms with E-state index < -0.39 is 21.8 Å². The number of sulfonamides is 1. The third-order valence-corrected chi connectivity index (χ3v) is 7.11. The molecule has 0 aliphatic rings. The maximum atomic E-state index is 15.7. The number of aryl methyl sites for hydroxylation is 3. The number of carboxylic acid groups (broad SMARTS) is 1. The van der Waals surface area contributed by atoms with E-state index in [1.165, 1.54) is 18.2 Å². The van der Waals surface area contributed by atoms with E-state index in [-0.39, 0.29) is 40.3 Å². The molecule has 1 heterocycles. The van der Waals surface area contributed by atoms with Gasteiger partial charge in [0.05, 0.1) is 16.2 Å². The van der Waals surface area contributed by atoms with E-state index in [2.05, 4.69) is 28.5 Å². The van der Waals surface area contributed by atoms with E-state index in [0.29, 0.717) is 17.9 Å². The number of hydrogen-bond acceptors (Lipinski definition) is 6. The van der Waals surface area contributed by atoms with E-state index in [0.717, 1.165) is 23.6 Å². The fourth-order valence-electron chi connectivity index (χ4n) is 4.08. The van der Waals surface area contributed by atoms with Crippen LogP contribution < -0.4 is 10.5 Å². The average Bonchev–Trinajstić information content (AvgIpc) is 2.79. The molecule has 1 atom stereocenters. The van der Waals surface area contributed by atoms with Crippen LogP contribution in [0.3, 0.4) is 0 Å². The first-order valence-electron chi connectivity index (χ1n) is 11.6. The molecule has 1 aromatic heterocycles. The molecule has 0 fully saturated rings. The van der Waals surface area contributed by atoms with E-state index in [4.69, 9.17) is 5.73 Å². The van der Waals surface area contributed by atoms with Crippen LogP contribution in [0.4, 0.5) is 10.3 Å². The molecule has 0 aliphatic carbocycles. The van der Waals surface area contributed by atoms with Crippen LogP contribution in [0.25, 0.3) is 11.3 Å². The van der Waals surface area contributed by atoms with Crippen LogP contribution in [-0.2, 0) is 16.4 Å². The Kier molecular flexibility index (Phi) is 8.42. The molecule has 0 saturated carbocycles. The summed E-state index contributed by atoms with van der Waals surface area (Å²) in [5.74, 6) is -1.81. The van der Waals surface area contributed by atoms with Gasteiger partial charge in [-0.2, -0.15) is 0 Å². The third-order valence-electron chi connectivity index (χ3n) is 5.78. The zero-order valence-corrected chi connectivity index (χ0v) is 21.6. The number of benzene rings is 2. The minimum absolute atomic E-state index is 0.00924. The number of carboxylic acids is 1. The van der Waals surface area contributed by atoms with Crippen molar-refractivity contribution in [1.29, 1.82) is 0 Å². The highest BCUT2D eigenvalue weighted by atomic mass is 32.2. The van der Waals surface area contributed by atoms with Crippen LogP contribution in [-0.4, -0.2) is 35.5 Å². The lowest BCUT2D eigenvalue weighted by molar-refractivity contribution is 0.0696. The summed E-state index contributed by atoms with van der Waals surface area (Å²) in [5, 5.41) is 9.21. The first-order chi connectivity index (χ1) is 16.9. The van der Waals surface area contributed by atoms with Gasteiger partial charge in [-0.1, -0.05) is 38.1 Å². The van der Waals surface area contributed by atoms with Crippen molar-refractivity contribution in [3.05, 3.63) is 70.7 Å². The van der Waals surface area contributed by atoms with Gasteiger partial charge in [-0.05, 0) is 68.4 Å². The molecular weight excluding hydrogens is 483 g/mol. The Hall–Kier alpha value is -3.37. The van der Waals surface area contributed by atoms with E-state index >= 15 is 4.39 Å². The summed E-state index contributed by atoms with van der Waals surface area (Å²) < 4.78 is 44.1. The quantitative estimate of drug-likeness (QED) is 0.357. The second kappa shape index (κ2) is 11.1. The highest BCUT2D eigenvalue weighted by Crippen LogP contribution is 2.31. The lowest BCUT2D eigenvalue weighted by Gasteiger charge is -2.17. The standard InChI is InChI=1S/C26H31FN4O4S/c1-15(2)13-19(28)11-12-21-23(27)24(22-16(3)7-5-8-17(22)4)30-26(29-21)31-36(34,35)20-10-6-9-18(14-20)25(32)33/h5-10,14-15,19H,11-13,28H2,1-4H3,(H,32,33)(H,29,30,31)/t19-/m0/s1. The van der Waals surface area contributed by atoms with Crippen molar-refractivity contribution in [3.8, 4) is 11.3 Å². The Morgan fingerprint density at radius 3 is 2.36 bits per heavy atom. The third kappa shape index (κ3) is 6.44. The number of halogens is 1. The van der Waals surface area contributed by atoms with Crippen LogP contribution in [0.5, 0.6) is 0 Å². The monoisotopic (exact) mass is 514 g/mol. The summed E-state index contributed by atoms with van der Waals surface area (Å²) in [5.41, 5.74) is 8.16. The van der Waals surface area contributed by atoms with Crippen molar-refractivity contribution in [2.45, 2.75) is 57.9 Å². The van der Waals surface area contributed by atoms with Crippen LogP contribution in [0.15, 0.2) is 47.4 Å². The van der Waals surface area contributed by atoms with Gasteiger partial charge in [0.2, 0.25) is 5.95 Å². The summed E-state index contributed by atoms with van der Waals surface area (Å²) in [6, 6.07) is 10.2. The lowest BCUT2D eigenvalue weighted by Crippen LogP contribution is -2.23. The molecule has 0 radical (unpaired) electrons. The molecule has 0 amide bonds. The Morgan fingerprint density at radius 1 is 1.11 bits per heavy atom. The van der Waals surface area contributed by atoms with Crippen LogP contribution in [0.1, 0.15) is 53.9 Å². The minimum atomic E-state index is -4.25. The summed E-state index contributed by atoms with van der Waals surface area (Å²) in [7, 11) is -4.25. The van der Waals surface area contributed by atoms with Gasteiger partial charge in [0, 0.05) is 11.6 Å². The molecular formula is C26H31FN4O4S. The highest BCUT2D eigenvalue weighted by Gasteiger charge is 2.23. The molecule has 0 spiro atoms. The van der Waals surface area contributed by atoms with Gasteiger partial charge in [0.15, 0.2) is 5.82 Å². The van der Waals surface area contributed by atoms with Crippen LogP contribution in [0.2, 0.25) is 0 Å². The predicted molar refractivity (Wildman–Crippen MR) is 137 cm³/mol. The van der Waals surface area contributed by atoms with Crippen LogP contribution in [0, 0.1) is 25.6 Å². The normalized spacial score (nSPS) is 12.5. The summed E-state index contributed by atoms with van der Waals surface area (Å²) in [6.45, 7) is 7.75. The zero-order valence-electron chi connectivity index (χ0n) is 20.7. The van der Waals surface area contributed by atoms with Gasteiger partial charge in [0.25, 0.3) is 10.0 Å². The average molecular weight is 515 g/mol. The Labute approximate surface area is 210 Å². The highest BCUT2D eigenvalue weighted by molar-refractivity contribution is 7.92. The number of nitrogens with zero attached hydrogens (tertiary/aromatic N) is 2. The molecule has 0 saturated heterocycles. The van der Waals surface area contributed by atoms with E-state index in [1.807, 2.05) is 32.0 Å². The number of aromatic carboxylic acids is 1. The summed E-state index contributed by atoms with van der Waals surface area (Å²) in [6.07, 6.45) is 1.42. The van der Waals surface area contributed by atoms with Crippen molar-refractivity contribution >= 4 is 21.9 Å². The van der Waals surface area contributed by atoms with Gasteiger partial charge < -0.3 is 10.8 Å². The molecule has 4 N–H and O–H groups in total. The fourth-order valence-corrected chi connectivity index (χ4v) is 5.07. The van der Waals surface area contributed by atoms with E-state index in [9.17, 15) is 18.3 Å². The molecule has 3 rings (SSSR count). The second-order valence-corrected chi connectivity index (χ2v) is 11.0. The topological polar surface area (TPSA) is 135 Å². The van der Waals surface area contributed by atoms with Crippen molar-refractivity contribution in [3.63, 3.8) is 0 Å². The largest absolute Gasteiger partial charge is 0.478 e. The molecule has 192 valence electrons. The summed E-state index contributed by atoms with van der Waals surface area (Å²) >= 11 is 0. The lowest BCUT2D eigenvalue weighted by atomic mass is 9.97. The Bertz CT molecular complexity index is 1360. The van der Waals surface area contributed by atoms with Crippen molar-refractivity contribution in [2.75, 3.05) is 4.72 Å². The summed E-state index contributed by atoms with van der Waals surface area (Å²) in [4.78, 5) is 19.4. The van der Waals surface area contributed by atoms with Gasteiger partial charge in [0.1, 0.15) is 5.69 Å². The number of carbonyl (C=O) groups is 1. The van der Waals surface area contributed by atoms with Crippen molar-refractivity contribution in [2.24, 2.45) is 11.7 Å². The predicted octanol–water partition coefficient (Wildman–Crippen LogP) is 4.70. The second-order valence-electron chi connectivity index (χ2n) is 9.29. The van der Waals surface area contributed by atoms with Gasteiger partial charge in [-0.3, -0.25) is 0 Å². The molecule has 0 unspecified atom stereocenters. The smallest absolute Gasteiger partial charge is 0.335 e.